The maximum Gasteiger partial charge on any atom is 0.191 e. The number of rotatable bonds is 7. The second-order valence-electron chi connectivity index (χ2n) is 6.78. The van der Waals surface area contributed by atoms with E-state index in [4.69, 9.17) is 0 Å². The Morgan fingerprint density at radius 2 is 2.00 bits per heavy atom. The van der Waals surface area contributed by atoms with Gasteiger partial charge in [0.15, 0.2) is 5.96 Å². The minimum atomic E-state index is 0. The Balaban J connectivity index is 0.00000288. The molecule has 2 rings (SSSR count). The highest BCUT2D eigenvalue weighted by molar-refractivity contribution is 14.0. The topological polar surface area (TPSA) is 57.5 Å². The van der Waals surface area contributed by atoms with Crippen molar-refractivity contribution < 1.29 is 0 Å². The molecule has 1 atom stereocenters. The Morgan fingerprint density at radius 3 is 2.54 bits per heavy atom. The van der Waals surface area contributed by atoms with Gasteiger partial charge in [-0.05, 0) is 44.3 Å². The van der Waals surface area contributed by atoms with Gasteiger partial charge in [-0.25, -0.2) is 0 Å². The molecule has 6 nitrogen and oxygen atoms in total. The number of aliphatic imine (C=N–C) groups is 1. The van der Waals surface area contributed by atoms with E-state index in [1.165, 1.54) is 32.4 Å². The lowest BCUT2D eigenvalue weighted by Gasteiger charge is -2.29. The van der Waals surface area contributed by atoms with Crippen LogP contribution in [0.2, 0.25) is 0 Å². The summed E-state index contributed by atoms with van der Waals surface area (Å²) in [5.41, 5.74) is 1.14. The third-order valence-electron chi connectivity index (χ3n) is 4.49. The lowest BCUT2D eigenvalue weighted by Crippen LogP contribution is -2.46. The van der Waals surface area contributed by atoms with Gasteiger partial charge in [-0.1, -0.05) is 13.8 Å². The number of aromatic nitrogens is 2. The second kappa shape index (κ2) is 10.9. The standard InChI is InChI=1S/C17H32N6.HI/c1-14(2)11-16(23-9-5-6-10-23)13-20-17(18-3)19-12-15-7-8-21-22(15)4;/h7-8,14,16H,5-6,9-13H2,1-4H3,(H2,18,19,20);1H. The molecule has 2 N–H and O–H groups in total. The Kier molecular flexibility index (Phi) is 9.65. The summed E-state index contributed by atoms with van der Waals surface area (Å²) in [5.74, 6) is 1.57. The highest BCUT2D eigenvalue weighted by atomic mass is 127. The molecule has 0 saturated carbocycles. The number of likely N-dealkylation sites (tertiary alicyclic amines) is 1. The van der Waals surface area contributed by atoms with Gasteiger partial charge in [0.2, 0.25) is 0 Å². The average Bonchev–Trinajstić information content (AvgIpc) is 3.17. The van der Waals surface area contributed by atoms with E-state index < -0.39 is 0 Å². The number of nitrogens with zero attached hydrogens (tertiary/aromatic N) is 4. The van der Waals surface area contributed by atoms with Crippen LogP contribution >= 0.6 is 24.0 Å². The van der Waals surface area contributed by atoms with E-state index in [2.05, 4.69) is 39.5 Å². The molecule has 1 fully saturated rings. The highest BCUT2D eigenvalue weighted by Gasteiger charge is 2.22. The zero-order valence-electron chi connectivity index (χ0n) is 15.5. The van der Waals surface area contributed by atoms with Crippen molar-refractivity contribution in [1.82, 2.24) is 25.3 Å². The molecule has 2 heterocycles. The maximum atomic E-state index is 4.34. The molecule has 1 aromatic heterocycles. The van der Waals surface area contributed by atoms with Gasteiger partial charge < -0.3 is 10.6 Å². The first kappa shape index (κ1) is 21.2. The van der Waals surface area contributed by atoms with Crippen LogP contribution in [0, 0.1) is 5.92 Å². The summed E-state index contributed by atoms with van der Waals surface area (Å²) < 4.78 is 1.88. The van der Waals surface area contributed by atoms with Crippen LogP contribution in [-0.2, 0) is 13.6 Å². The van der Waals surface area contributed by atoms with Crippen molar-refractivity contribution in [3.8, 4) is 0 Å². The largest absolute Gasteiger partial charge is 0.355 e. The monoisotopic (exact) mass is 448 g/mol. The van der Waals surface area contributed by atoms with Crippen molar-refractivity contribution in [3.63, 3.8) is 0 Å². The van der Waals surface area contributed by atoms with Gasteiger partial charge in [0.25, 0.3) is 0 Å². The number of aryl methyl sites for hydroxylation is 1. The quantitative estimate of drug-likeness (QED) is 0.382. The number of nitrogens with one attached hydrogen (secondary N) is 2. The van der Waals surface area contributed by atoms with Crippen LogP contribution < -0.4 is 10.6 Å². The van der Waals surface area contributed by atoms with E-state index in [-0.39, 0.29) is 24.0 Å². The summed E-state index contributed by atoms with van der Waals surface area (Å²) in [6.07, 6.45) is 5.72. The van der Waals surface area contributed by atoms with Crippen LogP contribution in [0.25, 0.3) is 0 Å². The summed E-state index contributed by atoms with van der Waals surface area (Å²) >= 11 is 0. The summed E-state index contributed by atoms with van der Waals surface area (Å²) in [4.78, 5) is 6.97. The minimum absolute atomic E-state index is 0. The number of halogens is 1. The smallest absolute Gasteiger partial charge is 0.191 e. The van der Waals surface area contributed by atoms with Gasteiger partial charge in [0.05, 0.1) is 12.2 Å². The third-order valence-corrected chi connectivity index (χ3v) is 4.49. The molecule has 0 bridgehead atoms. The molecule has 7 heteroatoms. The van der Waals surface area contributed by atoms with Gasteiger partial charge in [0.1, 0.15) is 0 Å². The van der Waals surface area contributed by atoms with E-state index >= 15 is 0 Å². The molecule has 1 aliphatic heterocycles. The molecular formula is C17H33IN6. The predicted octanol–water partition coefficient (Wildman–Crippen LogP) is 2.21. The molecule has 24 heavy (non-hydrogen) atoms. The molecule has 0 amide bonds. The van der Waals surface area contributed by atoms with Gasteiger partial charge in [-0.2, -0.15) is 5.10 Å². The summed E-state index contributed by atoms with van der Waals surface area (Å²) in [6, 6.07) is 2.61. The average molecular weight is 448 g/mol. The minimum Gasteiger partial charge on any atom is -0.355 e. The molecule has 1 aliphatic rings. The fourth-order valence-corrected chi connectivity index (χ4v) is 3.20. The van der Waals surface area contributed by atoms with Gasteiger partial charge in [0, 0.05) is 32.9 Å². The van der Waals surface area contributed by atoms with Gasteiger partial charge in [-0.3, -0.25) is 14.6 Å². The molecule has 1 saturated heterocycles. The number of hydrogen-bond acceptors (Lipinski definition) is 3. The normalized spacial score (nSPS) is 17.0. The zero-order valence-corrected chi connectivity index (χ0v) is 17.8. The number of guanidine groups is 1. The Hall–Kier alpha value is -0.830. The van der Waals surface area contributed by atoms with Crippen molar-refractivity contribution >= 4 is 29.9 Å². The van der Waals surface area contributed by atoms with Crippen LogP contribution in [0.5, 0.6) is 0 Å². The molecule has 0 spiro atoms. The summed E-state index contributed by atoms with van der Waals surface area (Å²) in [5, 5.41) is 11.1. The molecule has 0 radical (unpaired) electrons. The van der Waals surface area contributed by atoms with Gasteiger partial charge in [-0.15, -0.1) is 24.0 Å². The predicted molar refractivity (Wildman–Crippen MR) is 111 cm³/mol. The van der Waals surface area contributed by atoms with Crippen molar-refractivity contribution in [1.29, 1.82) is 0 Å². The lowest BCUT2D eigenvalue weighted by molar-refractivity contribution is 0.213. The van der Waals surface area contributed by atoms with E-state index in [1.54, 1.807) is 0 Å². The van der Waals surface area contributed by atoms with Crippen LogP contribution in [-0.4, -0.2) is 53.4 Å². The van der Waals surface area contributed by atoms with E-state index in [1.807, 2.05) is 31.0 Å². The molecule has 0 aliphatic carbocycles. The van der Waals surface area contributed by atoms with Gasteiger partial charge >= 0.3 is 0 Å². The first-order valence-corrected chi connectivity index (χ1v) is 8.75. The molecule has 138 valence electrons. The van der Waals surface area contributed by atoms with Crippen LogP contribution in [0.1, 0.15) is 38.8 Å². The molecular weight excluding hydrogens is 415 g/mol. The first-order chi connectivity index (χ1) is 11.1. The highest BCUT2D eigenvalue weighted by Crippen LogP contribution is 2.17. The Bertz CT molecular complexity index is 493. The first-order valence-electron chi connectivity index (χ1n) is 8.75. The van der Waals surface area contributed by atoms with Crippen molar-refractivity contribution in [2.24, 2.45) is 18.0 Å². The van der Waals surface area contributed by atoms with E-state index in [0.29, 0.717) is 12.0 Å². The third kappa shape index (κ3) is 6.58. The fraction of sp³-hybridized carbons (Fsp3) is 0.765. The van der Waals surface area contributed by atoms with Crippen LogP contribution in [0.15, 0.2) is 17.3 Å². The maximum absolute atomic E-state index is 4.34. The summed E-state index contributed by atoms with van der Waals surface area (Å²) in [7, 11) is 3.78. The molecule has 1 unspecified atom stereocenters. The van der Waals surface area contributed by atoms with Crippen molar-refractivity contribution in [2.45, 2.75) is 45.7 Å². The fourth-order valence-electron chi connectivity index (χ4n) is 3.20. The van der Waals surface area contributed by atoms with Crippen LogP contribution in [0.4, 0.5) is 0 Å². The lowest BCUT2D eigenvalue weighted by atomic mass is 10.0. The Morgan fingerprint density at radius 1 is 1.29 bits per heavy atom. The Labute approximate surface area is 163 Å². The van der Waals surface area contributed by atoms with Crippen molar-refractivity contribution in [2.75, 3.05) is 26.7 Å². The zero-order chi connectivity index (χ0) is 16.7. The van der Waals surface area contributed by atoms with Crippen LogP contribution in [0.3, 0.4) is 0 Å². The van der Waals surface area contributed by atoms with E-state index in [0.717, 1.165) is 24.7 Å². The van der Waals surface area contributed by atoms with E-state index in [9.17, 15) is 0 Å². The molecule has 1 aromatic rings. The SMILES string of the molecule is CN=C(NCc1ccnn1C)NCC(CC(C)C)N1CCCC1.I. The summed E-state index contributed by atoms with van der Waals surface area (Å²) in [6.45, 7) is 8.76. The second-order valence-corrected chi connectivity index (χ2v) is 6.78. The van der Waals surface area contributed by atoms with Crippen molar-refractivity contribution in [3.05, 3.63) is 18.0 Å². The number of hydrogen-bond donors (Lipinski definition) is 2. The molecule has 0 aromatic carbocycles.